The average Bonchev–Trinajstić information content (AvgIpc) is 2.99. The fraction of sp³-hybridized carbons (Fsp3) is 0.188. The third kappa shape index (κ3) is 4.65. The number of carbonyl (C=O) groups is 3. The summed E-state index contributed by atoms with van der Waals surface area (Å²) in [5.41, 5.74) is 0.927. The van der Waals surface area contributed by atoms with Gasteiger partial charge < -0.3 is 15.4 Å². The molecule has 0 bridgehead atoms. The molecule has 0 atom stereocenters. The minimum Gasteiger partial charge on any atom is -0.465 e. The van der Waals surface area contributed by atoms with Gasteiger partial charge in [-0.15, -0.1) is 11.3 Å². The van der Waals surface area contributed by atoms with Gasteiger partial charge in [-0.05, 0) is 43.3 Å². The van der Waals surface area contributed by atoms with Crippen molar-refractivity contribution in [3.05, 3.63) is 51.7 Å². The first kappa shape index (κ1) is 16.7. The molecule has 23 heavy (non-hydrogen) atoms. The van der Waals surface area contributed by atoms with Crippen molar-refractivity contribution in [1.82, 2.24) is 5.32 Å². The summed E-state index contributed by atoms with van der Waals surface area (Å²) in [6.07, 6.45) is 0. The Balaban J connectivity index is 1.85. The van der Waals surface area contributed by atoms with E-state index >= 15 is 0 Å². The number of amides is 2. The highest BCUT2D eigenvalue weighted by molar-refractivity contribution is 7.13. The quantitative estimate of drug-likeness (QED) is 0.822. The number of thiophene rings is 1. The highest BCUT2D eigenvalue weighted by Gasteiger charge is 2.10. The normalized spacial score (nSPS) is 10.0. The van der Waals surface area contributed by atoms with Crippen LogP contribution in [-0.2, 0) is 9.53 Å². The van der Waals surface area contributed by atoms with E-state index in [1.165, 1.54) is 18.4 Å². The number of rotatable bonds is 5. The first-order chi connectivity index (χ1) is 11.0. The van der Waals surface area contributed by atoms with Crippen molar-refractivity contribution in [3.8, 4) is 0 Å². The third-order valence-electron chi connectivity index (χ3n) is 2.96. The molecule has 2 aromatic rings. The van der Waals surface area contributed by atoms with E-state index in [4.69, 9.17) is 0 Å². The predicted molar refractivity (Wildman–Crippen MR) is 87.8 cm³/mol. The lowest BCUT2D eigenvalue weighted by atomic mass is 10.2. The Hall–Kier alpha value is -2.67. The van der Waals surface area contributed by atoms with Gasteiger partial charge in [0.15, 0.2) is 0 Å². The summed E-state index contributed by atoms with van der Waals surface area (Å²) >= 11 is 1.37. The minimum atomic E-state index is -0.443. The van der Waals surface area contributed by atoms with Gasteiger partial charge in [0.2, 0.25) is 5.91 Å². The van der Waals surface area contributed by atoms with E-state index in [-0.39, 0.29) is 18.4 Å². The number of hydrogen-bond donors (Lipinski definition) is 2. The Bertz CT molecular complexity index is 722. The van der Waals surface area contributed by atoms with Crippen molar-refractivity contribution < 1.29 is 19.1 Å². The molecule has 0 saturated carbocycles. The molecule has 0 aliphatic carbocycles. The van der Waals surface area contributed by atoms with Crippen LogP contribution in [0.15, 0.2) is 36.4 Å². The highest BCUT2D eigenvalue weighted by Crippen LogP contribution is 2.14. The van der Waals surface area contributed by atoms with Crippen molar-refractivity contribution in [2.24, 2.45) is 0 Å². The molecule has 0 saturated heterocycles. The van der Waals surface area contributed by atoms with E-state index in [1.54, 1.807) is 30.3 Å². The van der Waals surface area contributed by atoms with Gasteiger partial charge in [0, 0.05) is 10.6 Å². The zero-order valence-electron chi connectivity index (χ0n) is 12.7. The molecule has 0 aliphatic heterocycles. The standard InChI is InChI=1S/C16H16N2O4S/c1-10-3-8-13(23-10)15(20)17-9-14(19)18-12-6-4-11(5-7-12)16(21)22-2/h3-8H,9H2,1-2H3,(H,17,20)(H,18,19). The molecule has 0 unspecified atom stereocenters. The molecular weight excluding hydrogens is 316 g/mol. The van der Waals surface area contributed by atoms with E-state index in [2.05, 4.69) is 15.4 Å². The van der Waals surface area contributed by atoms with Gasteiger partial charge in [0.05, 0.1) is 24.1 Å². The molecule has 7 heteroatoms. The summed E-state index contributed by atoms with van der Waals surface area (Å²) in [6, 6.07) is 9.85. The maximum atomic E-state index is 11.8. The smallest absolute Gasteiger partial charge is 0.337 e. The second-order valence-corrected chi connectivity index (χ2v) is 6.00. The molecule has 2 amide bonds. The van der Waals surface area contributed by atoms with Crippen LogP contribution in [0.3, 0.4) is 0 Å². The van der Waals surface area contributed by atoms with Crippen molar-refractivity contribution in [1.29, 1.82) is 0 Å². The molecule has 6 nitrogen and oxygen atoms in total. The van der Waals surface area contributed by atoms with Gasteiger partial charge >= 0.3 is 5.97 Å². The zero-order valence-corrected chi connectivity index (χ0v) is 13.5. The Labute approximate surface area is 137 Å². The molecule has 120 valence electrons. The van der Waals surface area contributed by atoms with Crippen LogP contribution in [0.5, 0.6) is 0 Å². The SMILES string of the molecule is COC(=O)c1ccc(NC(=O)CNC(=O)c2ccc(C)s2)cc1. The van der Waals surface area contributed by atoms with Crippen molar-refractivity contribution in [2.75, 3.05) is 19.0 Å². The molecule has 2 N–H and O–H groups in total. The number of anilines is 1. The minimum absolute atomic E-state index is 0.130. The Morgan fingerprint density at radius 2 is 1.78 bits per heavy atom. The average molecular weight is 332 g/mol. The number of benzene rings is 1. The number of ether oxygens (including phenoxy) is 1. The second kappa shape index (κ2) is 7.55. The van der Waals surface area contributed by atoms with Crippen LogP contribution in [0.1, 0.15) is 24.9 Å². The monoisotopic (exact) mass is 332 g/mol. The summed E-state index contributed by atoms with van der Waals surface area (Å²) in [7, 11) is 1.30. The van der Waals surface area contributed by atoms with Gasteiger partial charge in [-0.3, -0.25) is 9.59 Å². The molecule has 0 aliphatic rings. The summed E-state index contributed by atoms with van der Waals surface area (Å²) in [6.45, 7) is 1.78. The molecule has 0 fully saturated rings. The van der Waals surface area contributed by atoms with Crippen LogP contribution in [0.4, 0.5) is 5.69 Å². The molecular formula is C16H16N2O4S. The summed E-state index contributed by atoms with van der Waals surface area (Å²) < 4.78 is 4.59. The van der Waals surface area contributed by atoms with Gasteiger partial charge in [0.25, 0.3) is 5.91 Å². The number of hydrogen-bond acceptors (Lipinski definition) is 5. The maximum Gasteiger partial charge on any atom is 0.337 e. The van der Waals surface area contributed by atoms with E-state index in [0.717, 1.165) is 4.88 Å². The molecule has 0 radical (unpaired) electrons. The number of esters is 1. The largest absolute Gasteiger partial charge is 0.465 e. The lowest BCUT2D eigenvalue weighted by Crippen LogP contribution is -2.32. The van der Waals surface area contributed by atoms with E-state index in [0.29, 0.717) is 16.1 Å². The number of carbonyl (C=O) groups excluding carboxylic acids is 3. The first-order valence-electron chi connectivity index (χ1n) is 6.82. The number of nitrogens with one attached hydrogen (secondary N) is 2. The van der Waals surface area contributed by atoms with Crippen LogP contribution in [0, 0.1) is 6.92 Å². The summed E-state index contributed by atoms with van der Waals surface area (Å²) in [5, 5.41) is 5.19. The first-order valence-corrected chi connectivity index (χ1v) is 7.64. The fourth-order valence-corrected chi connectivity index (χ4v) is 2.60. The van der Waals surface area contributed by atoms with E-state index < -0.39 is 5.97 Å². The van der Waals surface area contributed by atoms with Crippen LogP contribution in [-0.4, -0.2) is 31.4 Å². The number of aryl methyl sites for hydroxylation is 1. The topological polar surface area (TPSA) is 84.5 Å². The van der Waals surface area contributed by atoms with Gasteiger partial charge in [-0.25, -0.2) is 4.79 Å². The van der Waals surface area contributed by atoms with Gasteiger partial charge in [-0.1, -0.05) is 0 Å². The Morgan fingerprint density at radius 3 is 2.35 bits per heavy atom. The van der Waals surface area contributed by atoms with Crippen LogP contribution in [0.2, 0.25) is 0 Å². The van der Waals surface area contributed by atoms with E-state index in [1.807, 2.05) is 13.0 Å². The fourth-order valence-electron chi connectivity index (χ4n) is 1.82. The van der Waals surface area contributed by atoms with Crippen LogP contribution >= 0.6 is 11.3 Å². The van der Waals surface area contributed by atoms with Crippen molar-refractivity contribution in [3.63, 3.8) is 0 Å². The third-order valence-corrected chi connectivity index (χ3v) is 3.96. The van der Waals surface area contributed by atoms with Gasteiger partial charge in [-0.2, -0.15) is 0 Å². The molecule has 0 spiro atoms. The van der Waals surface area contributed by atoms with Crippen molar-refractivity contribution >= 4 is 34.8 Å². The Kier molecular flexibility index (Phi) is 5.48. The van der Waals surface area contributed by atoms with Gasteiger partial charge in [0.1, 0.15) is 0 Å². The summed E-state index contributed by atoms with van der Waals surface area (Å²) in [4.78, 5) is 36.6. The lowest BCUT2D eigenvalue weighted by molar-refractivity contribution is -0.115. The van der Waals surface area contributed by atoms with Crippen LogP contribution < -0.4 is 10.6 Å². The maximum absolute atomic E-state index is 11.8. The van der Waals surface area contributed by atoms with Crippen molar-refractivity contribution in [2.45, 2.75) is 6.92 Å². The van der Waals surface area contributed by atoms with Crippen LogP contribution in [0.25, 0.3) is 0 Å². The number of methoxy groups -OCH3 is 1. The molecule has 1 aromatic heterocycles. The molecule has 2 rings (SSSR count). The second-order valence-electron chi connectivity index (χ2n) is 4.71. The lowest BCUT2D eigenvalue weighted by Gasteiger charge is -2.07. The summed E-state index contributed by atoms with van der Waals surface area (Å²) in [5.74, 6) is -1.07. The highest BCUT2D eigenvalue weighted by atomic mass is 32.1. The molecule has 1 aromatic carbocycles. The zero-order chi connectivity index (χ0) is 16.8. The molecule has 1 heterocycles. The Morgan fingerprint density at radius 1 is 1.09 bits per heavy atom. The predicted octanol–water partition coefficient (Wildman–Crippen LogP) is 2.21. The van der Waals surface area contributed by atoms with E-state index in [9.17, 15) is 14.4 Å².